The molecule has 0 aliphatic rings. The van der Waals surface area contributed by atoms with E-state index in [0.717, 1.165) is 32.1 Å². The quantitative estimate of drug-likeness (QED) is 0.0212. The van der Waals surface area contributed by atoms with Gasteiger partial charge in [-0.15, -0.1) is 0 Å². The third kappa shape index (κ3) is 36.2. The Balaban J connectivity index is 6.25. The zero-order chi connectivity index (χ0) is 56.6. The summed E-state index contributed by atoms with van der Waals surface area (Å²) in [7, 11) is 0. The van der Waals surface area contributed by atoms with Gasteiger partial charge in [-0.1, -0.05) is 84.0 Å². The van der Waals surface area contributed by atoms with Gasteiger partial charge in [0.2, 0.25) is 47.3 Å². The zero-order valence-corrected chi connectivity index (χ0v) is 44.8. The number of aliphatic carboxylic acids is 2. The topological polar surface area (TPSA) is 464 Å². The lowest BCUT2D eigenvalue weighted by molar-refractivity contribution is -0.140. The number of nitrogens with zero attached hydrogens (tertiary/aromatic N) is 2. The molecule has 0 heterocycles. The summed E-state index contributed by atoms with van der Waals surface area (Å²) in [6.45, 7) is 2.35. The van der Waals surface area contributed by atoms with Gasteiger partial charge in [0.1, 0.15) is 36.3 Å². The maximum absolute atomic E-state index is 14.0. The standard InChI is InChI=1S/C48H88N14O12S/c1-3-4-5-6-7-8-9-10-11-12-13-14-15-20-38(64)57-33(22-25-39(65)66)43(71)61-35(23-26-40(67)68)45(73)62-36(27-30-75-2)46(74)60-34(21-24-37(49)63)44(72)59-32(19-17-29-56-48(53)54)42(70)58-31(41(50)69)18-16-28-55-47(51)52/h31-36H,3-30H2,1-2H3,(H2,49,63)(H2,50,69)(H,57,64)(H,58,70)(H,59,72)(H,60,74)(H,61,71)(H,62,73)(H,65,66)(H,67,68)(H4,51,52,55)(H4,53,54,56)/t31-,32-,33-,34-,35-,36-/m0/s1. The Morgan fingerprint density at radius 3 is 1.11 bits per heavy atom. The highest BCUT2D eigenvalue weighted by atomic mass is 32.2. The first-order chi connectivity index (χ1) is 35.6. The predicted molar refractivity (Wildman–Crippen MR) is 286 cm³/mol. The fourth-order valence-corrected chi connectivity index (χ4v) is 8.10. The van der Waals surface area contributed by atoms with E-state index in [0.29, 0.717) is 6.42 Å². The van der Waals surface area contributed by atoms with E-state index in [2.05, 4.69) is 48.8 Å². The summed E-state index contributed by atoms with van der Waals surface area (Å²) in [5.74, 6) is -9.74. The van der Waals surface area contributed by atoms with Crippen molar-refractivity contribution in [3.05, 3.63) is 0 Å². The maximum atomic E-state index is 14.0. The molecule has 0 radical (unpaired) electrons. The van der Waals surface area contributed by atoms with Crippen molar-refractivity contribution in [1.29, 1.82) is 0 Å². The molecule has 0 saturated carbocycles. The minimum atomic E-state index is -1.61. The molecule has 0 aromatic heterocycles. The van der Waals surface area contributed by atoms with Crippen molar-refractivity contribution in [2.45, 2.75) is 204 Å². The van der Waals surface area contributed by atoms with Crippen LogP contribution in [0.15, 0.2) is 9.98 Å². The predicted octanol–water partition coefficient (Wildman–Crippen LogP) is -0.283. The number of carboxylic acid groups (broad SMARTS) is 2. The van der Waals surface area contributed by atoms with E-state index in [9.17, 15) is 58.2 Å². The largest absolute Gasteiger partial charge is 0.481 e. The van der Waals surface area contributed by atoms with Crippen LogP contribution in [0.4, 0.5) is 0 Å². The zero-order valence-electron chi connectivity index (χ0n) is 44.0. The van der Waals surface area contributed by atoms with Crippen LogP contribution in [0, 0.1) is 0 Å². The molecule has 0 aliphatic carbocycles. The average molecular weight is 1090 g/mol. The third-order valence-corrected chi connectivity index (χ3v) is 12.5. The molecule has 26 nitrogen and oxygen atoms in total. The lowest BCUT2D eigenvalue weighted by Crippen LogP contribution is -2.59. The number of carbonyl (C=O) groups excluding carboxylic acids is 8. The summed E-state index contributed by atoms with van der Waals surface area (Å²) >= 11 is 1.29. The Morgan fingerprint density at radius 1 is 0.413 bits per heavy atom. The number of nitrogens with one attached hydrogen (secondary N) is 6. The second kappa shape index (κ2) is 41.9. The molecule has 0 aromatic rings. The van der Waals surface area contributed by atoms with Gasteiger partial charge in [0, 0.05) is 38.8 Å². The molecule has 8 amide bonds. The van der Waals surface area contributed by atoms with Gasteiger partial charge in [-0.25, -0.2) is 0 Å². The molecule has 0 aromatic carbocycles. The Kier molecular flexibility index (Phi) is 38.3. The molecule has 0 saturated heterocycles. The van der Waals surface area contributed by atoms with Gasteiger partial charge in [-0.3, -0.25) is 57.9 Å². The van der Waals surface area contributed by atoms with Crippen LogP contribution in [0.25, 0.3) is 0 Å². The summed E-state index contributed by atoms with van der Waals surface area (Å²) in [6, 6.07) is -8.61. The second-order valence-electron chi connectivity index (χ2n) is 18.4. The number of carboxylic acids is 2. The number of guanidine groups is 2. The van der Waals surface area contributed by atoms with Crippen LogP contribution >= 0.6 is 11.8 Å². The van der Waals surface area contributed by atoms with E-state index < -0.39 is 121 Å². The van der Waals surface area contributed by atoms with Gasteiger partial charge in [-0.2, -0.15) is 11.8 Å². The van der Waals surface area contributed by atoms with Crippen LogP contribution in [0.3, 0.4) is 0 Å². The molecule has 75 heavy (non-hydrogen) atoms. The normalized spacial score (nSPS) is 13.3. The molecule has 20 N–H and O–H groups in total. The molecular formula is C48H88N14O12S. The number of thioether (sulfide) groups is 1. The number of hydrogen-bond donors (Lipinski definition) is 14. The number of hydrogen-bond acceptors (Lipinski definition) is 13. The molecule has 6 atom stereocenters. The van der Waals surface area contributed by atoms with Crippen molar-refractivity contribution in [2.24, 2.45) is 44.4 Å². The maximum Gasteiger partial charge on any atom is 0.303 e. The van der Waals surface area contributed by atoms with E-state index in [1.54, 1.807) is 6.26 Å². The molecule has 27 heteroatoms. The Morgan fingerprint density at radius 2 is 0.747 bits per heavy atom. The van der Waals surface area contributed by atoms with E-state index >= 15 is 0 Å². The van der Waals surface area contributed by atoms with Crippen LogP contribution < -0.4 is 66.3 Å². The number of amides is 8. The highest BCUT2D eigenvalue weighted by molar-refractivity contribution is 7.98. The summed E-state index contributed by atoms with van der Waals surface area (Å²) in [6.07, 6.45) is 13.5. The number of aliphatic imine (C=N–C) groups is 2. The first-order valence-electron chi connectivity index (χ1n) is 26.0. The number of rotatable bonds is 46. The van der Waals surface area contributed by atoms with Gasteiger partial charge < -0.3 is 76.5 Å². The van der Waals surface area contributed by atoms with E-state index in [1.807, 2.05) is 0 Å². The van der Waals surface area contributed by atoms with Crippen molar-refractivity contribution in [3.8, 4) is 0 Å². The summed E-state index contributed by atoms with van der Waals surface area (Å²) in [5.41, 5.74) is 32.5. The average Bonchev–Trinajstić information content (AvgIpc) is 3.34. The first kappa shape index (κ1) is 68.6. The van der Waals surface area contributed by atoms with Crippen LogP contribution in [-0.2, 0) is 47.9 Å². The first-order valence-corrected chi connectivity index (χ1v) is 27.4. The van der Waals surface area contributed by atoms with Crippen molar-refractivity contribution in [1.82, 2.24) is 31.9 Å². The highest BCUT2D eigenvalue weighted by Gasteiger charge is 2.34. The second-order valence-corrected chi connectivity index (χ2v) is 19.4. The van der Waals surface area contributed by atoms with E-state index in [1.165, 1.54) is 56.7 Å². The van der Waals surface area contributed by atoms with Crippen LogP contribution in [0.2, 0.25) is 0 Å². The fraction of sp³-hybridized carbons (Fsp3) is 0.750. The molecule has 0 bridgehead atoms. The Labute approximate surface area is 444 Å². The third-order valence-electron chi connectivity index (χ3n) is 11.8. The van der Waals surface area contributed by atoms with Crippen molar-refractivity contribution < 1.29 is 58.2 Å². The van der Waals surface area contributed by atoms with Gasteiger partial charge in [0.05, 0.1) is 0 Å². The van der Waals surface area contributed by atoms with E-state index in [4.69, 9.17) is 34.4 Å². The summed E-state index contributed by atoms with van der Waals surface area (Å²) < 4.78 is 0. The van der Waals surface area contributed by atoms with Crippen molar-refractivity contribution >= 4 is 82.9 Å². The van der Waals surface area contributed by atoms with Crippen LogP contribution in [0.1, 0.15) is 167 Å². The highest BCUT2D eigenvalue weighted by Crippen LogP contribution is 2.14. The Bertz CT molecular complexity index is 1850. The molecule has 0 unspecified atom stereocenters. The van der Waals surface area contributed by atoms with Gasteiger partial charge in [0.25, 0.3) is 0 Å². The van der Waals surface area contributed by atoms with Crippen molar-refractivity contribution in [2.75, 3.05) is 25.1 Å². The number of nitrogens with two attached hydrogens (primary N) is 6. The molecular weight excluding hydrogens is 997 g/mol. The lowest BCUT2D eigenvalue weighted by atomic mass is 10.0. The molecule has 0 aliphatic heterocycles. The van der Waals surface area contributed by atoms with Gasteiger partial charge >= 0.3 is 11.9 Å². The molecule has 0 spiro atoms. The minimum absolute atomic E-state index is 0.0231. The Hall–Kier alpha value is -6.41. The van der Waals surface area contributed by atoms with Crippen LogP contribution in [0.5, 0.6) is 0 Å². The van der Waals surface area contributed by atoms with Gasteiger partial charge in [0.15, 0.2) is 11.9 Å². The molecule has 0 fully saturated rings. The van der Waals surface area contributed by atoms with Crippen molar-refractivity contribution in [3.63, 3.8) is 0 Å². The molecule has 0 rings (SSSR count). The minimum Gasteiger partial charge on any atom is -0.481 e. The number of primary amides is 2. The fourth-order valence-electron chi connectivity index (χ4n) is 7.63. The number of unbranched alkanes of at least 4 members (excludes halogenated alkanes) is 12. The summed E-state index contributed by atoms with van der Waals surface area (Å²) in [5, 5.41) is 34.0. The number of carbonyl (C=O) groups is 10. The van der Waals surface area contributed by atoms with Gasteiger partial charge in [-0.05, 0) is 69.8 Å². The monoisotopic (exact) mass is 1080 g/mol. The smallest absolute Gasteiger partial charge is 0.303 e. The van der Waals surface area contributed by atoms with Crippen LogP contribution in [-0.4, -0.2) is 143 Å². The summed E-state index contributed by atoms with van der Waals surface area (Å²) in [4.78, 5) is 138. The molecule has 428 valence electrons. The lowest BCUT2D eigenvalue weighted by Gasteiger charge is -2.27. The SMILES string of the molecule is CCCCCCCCCCCCCCCC(=O)N[C@@H](CCC(=O)O)C(=O)N[C@@H](CCC(=O)O)C(=O)N[C@@H](CCSC)C(=O)N[C@@H](CCC(N)=O)C(=O)N[C@@H](CCCN=C(N)N)C(=O)N[C@@H](CCCN=C(N)N)C(N)=O. The van der Waals surface area contributed by atoms with E-state index in [-0.39, 0.29) is 82.1 Å².